The van der Waals surface area contributed by atoms with Crippen molar-refractivity contribution in [2.45, 2.75) is 43.3 Å². The highest BCUT2D eigenvalue weighted by Gasteiger charge is 2.38. The summed E-state index contributed by atoms with van der Waals surface area (Å²) in [5, 5.41) is 0. The van der Waals surface area contributed by atoms with Gasteiger partial charge in [-0.2, -0.15) is 4.31 Å². The van der Waals surface area contributed by atoms with E-state index in [4.69, 9.17) is 9.47 Å². The van der Waals surface area contributed by atoms with E-state index in [-0.39, 0.29) is 24.1 Å². The van der Waals surface area contributed by atoms with Crippen LogP contribution < -0.4 is 0 Å². The van der Waals surface area contributed by atoms with Crippen molar-refractivity contribution >= 4 is 22.0 Å². The van der Waals surface area contributed by atoms with Crippen LogP contribution in [0.4, 0.5) is 4.39 Å². The molecule has 0 bridgehead atoms. The first kappa shape index (κ1) is 18.8. The summed E-state index contributed by atoms with van der Waals surface area (Å²) in [6.07, 6.45) is -0.211. The Labute approximate surface area is 151 Å². The number of sulfonamides is 1. The second-order valence-electron chi connectivity index (χ2n) is 6.54. The maximum atomic E-state index is 13.0. The topological polar surface area (TPSA) is 90.0 Å². The fourth-order valence-corrected chi connectivity index (χ4v) is 4.61. The molecule has 0 radical (unpaired) electrons. The van der Waals surface area contributed by atoms with Crippen LogP contribution in [0.5, 0.6) is 0 Å². The first-order chi connectivity index (χ1) is 12.3. The number of benzene rings is 1. The van der Waals surface area contributed by atoms with E-state index < -0.39 is 39.8 Å². The maximum absolute atomic E-state index is 13.0. The highest BCUT2D eigenvalue weighted by atomic mass is 32.2. The fourth-order valence-electron chi connectivity index (χ4n) is 3.14. The van der Waals surface area contributed by atoms with E-state index in [0.29, 0.717) is 19.3 Å². The molecule has 2 fully saturated rings. The molecule has 1 aromatic rings. The van der Waals surface area contributed by atoms with Gasteiger partial charge in [0.2, 0.25) is 16.1 Å². The summed E-state index contributed by atoms with van der Waals surface area (Å²) in [7, 11) is -3.73. The number of cyclic esters (lactones) is 1. The van der Waals surface area contributed by atoms with Gasteiger partial charge >= 0.3 is 11.9 Å². The molecule has 2 aliphatic heterocycles. The fraction of sp³-hybridized carbons (Fsp3) is 0.529. The number of carbonyl (C=O) groups excluding carboxylic acids is 2. The number of hydrogen-bond donors (Lipinski definition) is 0. The third-order valence-corrected chi connectivity index (χ3v) is 6.54. The van der Waals surface area contributed by atoms with Gasteiger partial charge in [-0.05, 0) is 44.0 Å². The van der Waals surface area contributed by atoms with Crippen LogP contribution >= 0.6 is 0 Å². The molecule has 3 rings (SSSR count). The van der Waals surface area contributed by atoms with Gasteiger partial charge in [-0.15, -0.1) is 0 Å². The summed E-state index contributed by atoms with van der Waals surface area (Å²) in [6, 6.07) is 4.63. The van der Waals surface area contributed by atoms with Crippen LogP contribution in [0, 0.1) is 11.7 Å². The van der Waals surface area contributed by atoms with Gasteiger partial charge in [0.25, 0.3) is 0 Å². The second-order valence-corrected chi connectivity index (χ2v) is 8.48. The number of piperidine rings is 1. The second kappa shape index (κ2) is 7.32. The van der Waals surface area contributed by atoms with E-state index in [1.807, 2.05) is 0 Å². The van der Waals surface area contributed by atoms with E-state index in [0.717, 1.165) is 12.1 Å². The summed E-state index contributed by atoms with van der Waals surface area (Å²) in [5.41, 5.74) is 0. The average Bonchev–Trinajstić information content (AvgIpc) is 2.92. The van der Waals surface area contributed by atoms with Crippen LogP contribution in [0.3, 0.4) is 0 Å². The zero-order valence-electron chi connectivity index (χ0n) is 14.3. The lowest BCUT2D eigenvalue weighted by Gasteiger charge is -2.30. The van der Waals surface area contributed by atoms with Crippen molar-refractivity contribution in [3.8, 4) is 0 Å². The quantitative estimate of drug-likeness (QED) is 0.729. The van der Waals surface area contributed by atoms with Gasteiger partial charge in [-0.1, -0.05) is 0 Å². The van der Waals surface area contributed by atoms with E-state index in [1.165, 1.54) is 16.4 Å². The van der Waals surface area contributed by atoms with Crippen LogP contribution in [0.15, 0.2) is 29.2 Å². The monoisotopic (exact) mass is 385 g/mol. The number of ether oxygens (including phenoxy) is 2. The van der Waals surface area contributed by atoms with Crippen LogP contribution in [-0.2, 0) is 29.1 Å². The maximum Gasteiger partial charge on any atom is 0.347 e. The number of nitrogens with zero attached hydrogens (tertiary/aromatic N) is 1. The molecular weight excluding hydrogens is 365 g/mol. The van der Waals surface area contributed by atoms with Crippen LogP contribution in [0.1, 0.15) is 26.2 Å². The molecule has 0 amide bonds. The normalized spacial score (nSPS) is 25.1. The Hall–Kier alpha value is -2.00. The predicted molar refractivity (Wildman–Crippen MR) is 87.9 cm³/mol. The molecule has 142 valence electrons. The zero-order valence-corrected chi connectivity index (χ0v) is 15.1. The summed E-state index contributed by atoms with van der Waals surface area (Å²) in [4.78, 5) is 23.8. The highest BCUT2D eigenvalue weighted by Crippen LogP contribution is 2.26. The van der Waals surface area contributed by atoms with Gasteiger partial charge in [-0.3, -0.25) is 4.79 Å². The molecule has 2 heterocycles. The molecule has 0 N–H and O–H groups in total. The molecule has 0 aliphatic carbocycles. The summed E-state index contributed by atoms with van der Waals surface area (Å²) >= 11 is 0. The Kier molecular flexibility index (Phi) is 5.29. The minimum Gasteiger partial charge on any atom is -0.460 e. The first-order valence-electron chi connectivity index (χ1n) is 8.44. The zero-order chi connectivity index (χ0) is 18.9. The van der Waals surface area contributed by atoms with E-state index in [1.54, 1.807) is 6.92 Å². The van der Waals surface area contributed by atoms with Crippen molar-refractivity contribution in [1.82, 2.24) is 4.31 Å². The van der Waals surface area contributed by atoms with Gasteiger partial charge in [0.05, 0.1) is 10.8 Å². The van der Waals surface area contributed by atoms with E-state index in [9.17, 15) is 22.4 Å². The van der Waals surface area contributed by atoms with E-state index in [2.05, 4.69) is 0 Å². The Morgan fingerprint density at radius 3 is 2.38 bits per heavy atom. The molecule has 2 atom stereocenters. The molecule has 2 saturated heterocycles. The Morgan fingerprint density at radius 1 is 1.23 bits per heavy atom. The Balaban J connectivity index is 1.57. The highest BCUT2D eigenvalue weighted by molar-refractivity contribution is 7.89. The number of rotatable bonds is 4. The van der Waals surface area contributed by atoms with Crippen LogP contribution in [0.25, 0.3) is 0 Å². The molecule has 2 aliphatic rings. The van der Waals surface area contributed by atoms with Gasteiger partial charge in [0.15, 0.2) is 0 Å². The molecule has 9 heteroatoms. The van der Waals surface area contributed by atoms with E-state index >= 15 is 0 Å². The van der Waals surface area contributed by atoms with Gasteiger partial charge in [0.1, 0.15) is 11.9 Å². The number of esters is 2. The van der Waals surface area contributed by atoms with Crippen molar-refractivity contribution < 1.29 is 31.9 Å². The lowest BCUT2D eigenvalue weighted by Crippen LogP contribution is -2.41. The molecule has 0 unspecified atom stereocenters. The van der Waals surface area contributed by atoms with Crippen molar-refractivity contribution in [3.05, 3.63) is 30.1 Å². The molecule has 26 heavy (non-hydrogen) atoms. The summed E-state index contributed by atoms with van der Waals surface area (Å²) in [6.45, 7) is 2.04. The molecule has 7 nitrogen and oxygen atoms in total. The minimum absolute atomic E-state index is 0.0163. The summed E-state index contributed by atoms with van der Waals surface area (Å²) < 4.78 is 49.6. The lowest BCUT2D eigenvalue weighted by molar-refractivity contribution is -0.164. The van der Waals surface area contributed by atoms with Crippen molar-refractivity contribution in [2.75, 3.05) is 13.1 Å². The number of carbonyl (C=O) groups is 2. The van der Waals surface area contributed by atoms with Crippen LogP contribution in [-0.4, -0.2) is 50.0 Å². The standard InChI is InChI=1S/C17H20FNO6S/c1-11-10-15(17(21)24-11)25-16(20)12-6-8-19(9-7-12)26(22,23)14-4-2-13(18)3-5-14/h2-5,11-12,15H,6-10H2,1H3/t11-,15-/m0/s1. The molecule has 1 aromatic carbocycles. The average molecular weight is 385 g/mol. The molecular formula is C17H20FNO6S. The summed E-state index contributed by atoms with van der Waals surface area (Å²) in [5.74, 6) is -2.01. The Bertz CT molecular complexity index is 786. The van der Waals surface area contributed by atoms with Gasteiger partial charge in [0, 0.05) is 19.5 Å². The molecule has 0 spiro atoms. The number of hydrogen-bond acceptors (Lipinski definition) is 6. The third-order valence-electron chi connectivity index (χ3n) is 4.62. The smallest absolute Gasteiger partial charge is 0.347 e. The van der Waals surface area contributed by atoms with Gasteiger partial charge < -0.3 is 9.47 Å². The first-order valence-corrected chi connectivity index (χ1v) is 9.88. The SMILES string of the molecule is C[C@H]1C[C@H](OC(=O)C2CCN(S(=O)(=O)c3ccc(F)cc3)CC2)C(=O)O1. The number of halogens is 1. The Morgan fingerprint density at radius 2 is 1.85 bits per heavy atom. The molecule has 0 saturated carbocycles. The van der Waals surface area contributed by atoms with Crippen molar-refractivity contribution in [1.29, 1.82) is 0 Å². The third kappa shape index (κ3) is 3.88. The lowest BCUT2D eigenvalue weighted by atomic mass is 9.98. The largest absolute Gasteiger partial charge is 0.460 e. The van der Waals surface area contributed by atoms with Crippen molar-refractivity contribution in [2.24, 2.45) is 5.92 Å². The van der Waals surface area contributed by atoms with Crippen LogP contribution in [0.2, 0.25) is 0 Å². The van der Waals surface area contributed by atoms with Gasteiger partial charge in [-0.25, -0.2) is 17.6 Å². The minimum atomic E-state index is -3.73. The van der Waals surface area contributed by atoms with Crippen molar-refractivity contribution in [3.63, 3.8) is 0 Å². The molecule has 0 aromatic heterocycles. The predicted octanol–water partition coefficient (Wildman–Crippen LogP) is 1.47.